The second-order valence-electron chi connectivity index (χ2n) is 5.36. The van der Waals surface area contributed by atoms with E-state index >= 15 is 0 Å². The summed E-state index contributed by atoms with van der Waals surface area (Å²) in [5.74, 6) is 0.142. The van der Waals surface area contributed by atoms with E-state index in [2.05, 4.69) is 25.3 Å². The lowest BCUT2D eigenvalue weighted by molar-refractivity contribution is -0.274. The molecule has 0 fully saturated rings. The first-order valence-corrected chi connectivity index (χ1v) is 7.59. The van der Waals surface area contributed by atoms with Crippen LogP contribution in [-0.2, 0) is 0 Å². The van der Waals surface area contributed by atoms with Crippen molar-refractivity contribution in [2.24, 2.45) is 0 Å². The molecule has 3 N–H and O–H groups in total. The minimum atomic E-state index is -4.73. The SMILES string of the molecule is CN/C(C)=C(\C(C)=N)c1cc(Nc2ccc(OC(F)(F)F)cc2)ncn1. The summed E-state index contributed by atoms with van der Waals surface area (Å²) < 4.78 is 40.4. The molecule has 1 aromatic carbocycles. The second-order valence-corrected chi connectivity index (χ2v) is 5.36. The van der Waals surface area contributed by atoms with Crippen LogP contribution >= 0.6 is 0 Å². The van der Waals surface area contributed by atoms with Crippen molar-refractivity contribution >= 4 is 22.8 Å². The molecule has 0 atom stereocenters. The van der Waals surface area contributed by atoms with E-state index < -0.39 is 6.36 Å². The van der Waals surface area contributed by atoms with E-state index in [1.165, 1.54) is 30.6 Å². The number of aromatic nitrogens is 2. The maximum absolute atomic E-state index is 12.2. The van der Waals surface area contributed by atoms with Crippen molar-refractivity contribution in [1.29, 1.82) is 5.41 Å². The number of anilines is 2. The van der Waals surface area contributed by atoms with Crippen LogP contribution in [0.25, 0.3) is 5.57 Å². The summed E-state index contributed by atoms with van der Waals surface area (Å²) in [4.78, 5) is 8.29. The van der Waals surface area contributed by atoms with E-state index in [4.69, 9.17) is 5.41 Å². The van der Waals surface area contributed by atoms with E-state index in [-0.39, 0.29) is 5.75 Å². The van der Waals surface area contributed by atoms with Crippen molar-refractivity contribution in [2.75, 3.05) is 12.4 Å². The highest BCUT2D eigenvalue weighted by molar-refractivity contribution is 6.21. The monoisotopic (exact) mass is 365 g/mol. The topological polar surface area (TPSA) is 82.9 Å². The van der Waals surface area contributed by atoms with E-state index in [0.29, 0.717) is 28.5 Å². The summed E-state index contributed by atoms with van der Waals surface area (Å²) in [5, 5.41) is 13.9. The molecule has 138 valence electrons. The minimum Gasteiger partial charge on any atom is -0.406 e. The maximum atomic E-state index is 12.2. The molecule has 0 amide bonds. The third kappa shape index (κ3) is 5.20. The number of rotatable bonds is 6. The van der Waals surface area contributed by atoms with Gasteiger partial charge in [0.2, 0.25) is 0 Å². The van der Waals surface area contributed by atoms with Crippen LogP contribution in [0.15, 0.2) is 42.4 Å². The van der Waals surface area contributed by atoms with E-state index in [1.807, 2.05) is 6.92 Å². The summed E-state index contributed by atoms with van der Waals surface area (Å²) >= 11 is 0. The number of hydrogen-bond donors (Lipinski definition) is 3. The quantitative estimate of drug-likeness (QED) is 0.671. The number of nitrogens with one attached hydrogen (secondary N) is 3. The number of halogens is 3. The van der Waals surface area contributed by atoms with Crippen LogP contribution in [0.3, 0.4) is 0 Å². The van der Waals surface area contributed by atoms with Crippen molar-refractivity contribution < 1.29 is 17.9 Å². The van der Waals surface area contributed by atoms with Crippen molar-refractivity contribution in [2.45, 2.75) is 20.2 Å². The lowest BCUT2D eigenvalue weighted by Gasteiger charge is -2.12. The van der Waals surface area contributed by atoms with Gasteiger partial charge in [-0.2, -0.15) is 0 Å². The lowest BCUT2D eigenvalue weighted by atomic mass is 10.1. The van der Waals surface area contributed by atoms with Crippen LogP contribution in [0.2, 0.25) is 0 Å². The first kappa shape index (κ1) is 19.2. The average Bonchev–Trinajstić information content (AvgIpc) is 2.55. The zero-order valence-electron chi connectivity index (χ0n) is 14.4. The molecule has 1 aromatic heterocycles. The average molecular weight is 365 g/mol. The summed E-state index contributed by atoms with van der Waals surface area (Å²) in [6.45, 7) is 3.49. The fourth-order valence-corrected chi connectivity index (χ4v) is 2.24. The second kappa shape index (κ2) is 7.85. The Bertz CT molecular complexity index is 816. The Morgan fingerprint density at radius 2 is 1.77 bits per heavy atom. The minimum absolute atomic E-state index is 0.305. The van der Waals surface area contributed by atoms with Crippen LogP contribution in [0.4, 0.5) is 24.7 Å². The van der Waals surface area contributed by atoms with Gasteiger partial charge in [0.05, 0.1) is 5.69 Å². The van der Waals surface area contributed by atoms with Crippen LogP contribution in [0, 0.1) is 5.41 Å². The molecular weight excluding hydrogens is 347 g/mol. The predicted octanol–water partition coefficient (Wildman–Crippen LogP) is 4.11. The maximum Gasteiger partial charge on any atom is 0.573 e. The highest BCUT2D eigenvalue weighted by atomic mass is 19.4. The highest BCUT2D eigenvalue weighted by Gasteiger charge is 2.30. The lowest BCUT2D eigenvalue weighted by Crippen LogP contribution is -2.17. The van der Waals surface area contributed by atoms with E-state index in [1.54, 1.807) is 20.0 Å². The van der Waals surface area contributed by atoms with Crippen molar-refractivity contribution in [3.05, 3.63) is 48.1 Å². The van der Waals surface area contributed by atoms with Gasteiger partial charge in [-0.15, -0.1) is 13.2 Å². The fourth-order valence-electron chi connectivity index (χ4n) is 2.24. The molecular formula is C17H18F3N5O. The Balaban J connectivity index is 2.22. The summed E-state index contributed by atoms with van der Waals surface area (Å²) in [6, 6.07) is 6.96. The fraction of sp³-hybridized carbons (Fsp3) is 0.235. The number of alkyl halides is 3. The third-order valence-electron chi connectivity index (χ3n) is 3.41. The molecule has 0 aliphatic heterocycles. The van der Waals surface area contributed by atoms with Crippen molar-refractivity contribution in [3.63, 3.8) is 0 Å². The molecule has 2 aromatic rings. The van der Waals surface area contributed by atoms with Crippen molar-refractivity contribution in [1.82, 2.24) is 15.3 Å². The third-order valence-corrected chi connectivity index (χ3v) is 3.41. The van der Waals surface area contributed by atoms with Gasteiger partial charge < -0.3 is 20.8 Å². The van der Waals surface area contributed by atoms with Gasteiger partial charge in [-0.1, -0.05) is 0 Å². The predicted molar refractivity (Wildman–Crippen MR) is 93.5 cm³/mol. The molecule has 1 heterocycles. The molecule has 0 aliphatic carbocycles. The van der Waals surface area contributed by atoms with Crippen LogP contribution in [-0.4, -0.2) is 29.1 Å². The van der Waals surface area contributed by atoms with Gasteiger partial charge in [0.15, 0.2) is 0 Å². The summed E-state index contributed by atoms with van der Waals surface area (Å²) in [7, 11) is 1.75. The zero-order chi connectivity index (χ0) is 19.3. The molecule has 9 heteroatoms. The van der Waals surface area contributed by atoms with Crippen LogP contribution in [0.1, 0.15) is 19.5 Å². The smallest absolute Gasteiger partial charge is 0.406 e. The Labute approximate surface area is 148 Å². The summed E-state index contributed by atoms with van der Waals surface area (Å²) in [6.07, 6.45) is -3.38. The molecule has 2 rings (SSSR count). The van der Waals surface area contributed by atoms with Gasteiger partial charge >= 0.3 is 6.36 Å². The molecule has 0 saturated carbocycles. The molecule has 6 nitrogen and oxygen atoms in total. The molecule has 0 bridgehead atoms. The normalized spacial score (nSPS) is 12.2. The van der Waals surface area contributed by atoms with E-state index in [0.717, 1.165) is 5.70 Å². The van der Waals surface area contributed by atoms with Gasteiger partial charge in [-0.05, 0) is 38.1 Å². The van der Waals surface area contributed by atoms with Gasteiger partial charge in [-0.3, -0.25) is 0 Å². The Morgan fingerprint density at radius 1 is 1.12 bits per heavy atom. The Kier molecular flexibility index (Phi) is 5.81. The molecule has 0 spiro atoms. The van der Waals surface area contributed by atoms with Gasteiger partial charge in [-0.25, -0.2) is 9.97 Å². The molecule has 26 heavy (non-hydrogen) atoms. The first-order chi connectivity index (χ1) is 12.2. The molecule has 0 aliphatic rings. The first-order valence-electron chi connectivity index (χ1n) is 7.59. The number of allylic oxidation sites excluding steroid dienone is 2. The number of hydrogen-bond acceptors (Lipinski definition) is 6. The van der Waals surface area contributed by atoms with Gasteiger partial charge in [0.1, 0.15) is 17.9 Å². The highest BCUT2D eigenvalue weighted by Crippen LogP contribution is 2.25. The standard InChI is InChI=1S/C17H18F3N5O/c1-10(21)16(11(2)22-3)14-8-15(24-9-23-14)25-12-4-6-13(7-5-12)26-17(18,19)20/h4-9,21-22H,1-3H3,(H,23,24,25)/b16-11+,21-10?. The zero-order valence-corrected chi connectivity index (χ0v) is 14.4. The van der Waals surface area contributed by atoms with Crippen molar-refractivity contribution in [3.8, 4) is 5.75 Å². The summed E-state index contributed by atoms with van der Waals surface area (Å²) in [5.41, 5.74) is 2.86. The largest absolute Gasteiger partial charge is 0.573 e. The Hall–Kier alpha value is -3.10. The number of benzene rings is 1. The van der Waals surface area contributed by atoms with Crippen LogP contribution in [0.5, 0.6) is 5.75 Å². The Morgan fingerprint density at radius 3 is 2.31 bits per heavy atom. The number of ether oxygens (including phenoxy) is 1. The van der Waals surface area contributed by atoms with E-state index in [9.17, 15) is 13.2 Å². The van der Waals surface area contributed by atoms with Crippen LogP contribution < -0.4 is 15.4 Å². The van der Waals surface area contributed by atoms with Gasteiger partial charge in [0, 0.05) is 35.8 Å². The molecule has 0 unspecified atom stereocenters. The molecule has 0 saturated heterocycles. The number of nitrogens with zero attached hydrogens (tertiary/aromatic N) is 2. The molecule has 0 radical (unpaired) electrons. The van der Waals surface area contributed by atoms with Gasteiger partial charge in [0.25, 0.3) is 0 Å².